The number of hydrogen-bond donors (Lipinski definition) is 2. The first kappa shape index (κ1) is 20.2. The Balaban J connectivity index is 1.85. The van der Waals surface area contributed by atoms with Crippen molar-refractivity contribution in [2.24, 2.45) is 0 Å². The number of amides is 2. The van der Waals surface area contributed by atoms with Crippen LogP contribution in [0.3, 0.4) is 0 Å². The highest BCUT2D eigenvalue weighted by Gasteiger charge is 2.22. The van der Waals surface area contributed by atoms with E-state index in [1.54, 1.807) is 42.3 Å². The molecule has 0 spiro atoms. The highest BCUT2D eigenvalue weighted by molar-refractivity contribution is 6.06. The molecule has 0 unspecified atom stereocenters. The lowest BCUT2D eigenvalue weighted by Gasteiger charge is -2.36. The summed E-state index contributed by atoms with van der Waals surface area (Å²) in [5.74, 6) is -0.755. The van der Waals surface area contributed by atoms with Crippen molar-refractivity contribution in [2.45, 2.75) is 6.92 Å². The Morgan fingerprint density at radius 3 is 2.14 bits per heavy atom. The number of hydrogen-bond acceptors (Lipinski definition) is 5. The number of benzene rings is 2. The zero-order valence-electron chi connectivity index (χ0n) is 16.3. The number of carbonyl (C=O) groups excluding carboxylic acids is 2. The molecule has 2 amide bonds. The lowest BCUT2D eigenvalue weighted by molar-refractivity contribution is -0.129. The van der Waals surface area contributed by atoms with Gasteiger partial charge in [0.05, 0.1) is 24.0 Å². The Labute approximate surface area is 168 Å². The summed E-state index contributed by atoms with van der Waals surface area (Å²) in [7, 11) is 1.55. The third kappa shape index (κ3) is 4.66. The fourth-order valence-corrected chi connectivity index (χ4v) is 3.24. The molecule has 29 heavy (non-hydrogen) atoms. The van der Waals surface area contributed by atoms with Crippen molar-refractivity contribution in [2.75, 3.05) is 43.5 Å². The summed E-state index contributed by atoms with van der Waals surface area (Å²) in [5.41, 5.74) is 1.65. The number of piperazine rings is 1. The topological polar surface area (TPSA) is 99.2 Å². The van der Waals surface area contributed by atoms with Crippen LogP contribution in [0.15, 0.2) is 42.5 Å². The maximum atomic E-state index is 12.7. The van der Waals surface area contributed by atoms with Crippen molar-refractivity contribution < 1.29 is 24.2 Å². The van der Waals surface area contributed by atoms with Crippen LogP contribution in [0, 0.1) is 0 Å². The lowest BCUT2D eigenvalue weighted by atomic mass is 10.1. The van der Waals surface area contributed by atoms with Gasteiger partial charge in [0.25, 0.3) is 5.91 Å². The predicted molar refractivity (Wildman–Crippen MR) is 109 cm³/mol. The quantitative estimate of drug-likeness (QED) is 0.803. The number of anilines is 2. The third-order valence-corrected chi connectivity index (χ3v) is 4.91. The van der Waals surface area contributed by atoms with Crippen LogP contribution in [-0.4, -0.2) is 61.1 Å². The van der Waals surface area contributed by atoms with Crippen molar-refractivity contribution in [3.63, 3.8) is 0 Å². The molecule has 3 rings (SSSR count). The number of carboxylic acids is 1. The fourth-order valence-electron chi connectivity index (χ4n) is 3.24. The van der Waals surface area contributed by atoms with Gasteiger partial charge in [-0.2, -0.15) is 0 Å². The van der Waals surface area contributed by atoms with Crippen molar-refractivity contribution in [3.05, 3.63) is 53.6 Å². The summed E-state index contributed by atoms with van der Waals surface area (Å²) in [6.07, 6.45) is 0. The molecule has 1 aliphatic heterocycles. The normalized spacial score (nSPS) is 13.7. The molecule has 0 aliphatic carbocycles. The van der Waals surface area contributed by atoms with Gasteiger partial charge in [0.2, 0.25) is 5.91 Å². The van der Waals surface area contributed by atoms with E-state index in [9.17, 15) is 19.5 Å². The van der Waals surface area contributed by atoms with E-state index in [2.05, 4.69) is 5.32 Å². The summed E-state index contributed by atoms with van der Waals surface area (Å²) >= 11 is 0. The molecule has 2 N–H and O–H groups in total. The molecule has 8 nitrogen and oxygen atoms in total. The van der Waals surface area contributed by atoms with Gasteiger partial charge in [0, 0.05) is 38.7 Å². The van der Waals surface area contributed by atoms with Crippen LogP contribution in [0.25, 0.3) is 0 Å². The molecule has 8 heteroatoms. The summed E-state index contributed by atoms with van der Waals surface area (Å²) in [6.45, 7) is 3.87. The number of carboxylic acid groups (broad SMARTS) is 1. The minimum absolute atomic E-state index is 0.0268. The standard InChI is InChI=1S/C21H23N3O5/c1-14(25)23-9-11-24(12-10-23)19-8-5-16(21(27)28)13-18(19)22-20(26)15-3-6-17(29-2)7-4-15/h3-8,13H,9-12H2,1-2H3,(H,22,26)(H,27,28). The van der Waals surface area contributed by atoms with Gasteiger partial charge >= 0.3 is 5.97 Å². The second-order valence-corrected chi connectivity index (χ2v) is 6.71. The SMILES string of the molecule is COc1ccc(C(=O)Nc2cc(C(=O)O)ccc2N2CCN(C(C)=O)CC2)cc1. The van der Waals surface area contributed by atoms with Gasteiger partial charge < -0.3 is 25.0 Å². The Morgan fingerprint density at radius 2 is 1.59 bits per heavy atom. The minimum Gasteiger partial charge on any atom is -0.497 e. The van der Waals surface area contributed by atoms with E-state index in [1.165, 1.54) is 19.1 Å². The molecule has 0 bridgehead atoms. The molecule has 152 valence electrons. The van der Waals surface area contributed by atoms with Gasteiger partial charge in [0.1, 0.15) is 5.75 Å². The Bertz CT molecular complexity index is 918. The molecule has 0 atom stereocenters. The molecule has 2 aromatic rings. The molecular formula is C21H23N3O5. The first-order chi connectivity index (χ1) is 13.9. The smallest absolute Gasteiger partial charge is 0.335 e. The summed E-state index contributed by atoms with van der Waals surface area (Å²) < 4.78 is 5.10. The molecule has 0 aromatic heterocycles. The van der Waals surface area contributed by atoms with E-state index in [0.29, 0.717) is 43.2 Å². The Kier molecular flexibility index (Phi) is 6.01. The van der Waals surface area contributed by atoms with Gasteiger partial charge in [-0.05, 0) is 42.5 Å². The summed E-state index contributed by atoms with van der Waals surface area (Å²) in [6, 6.07) is 11.3. The van der Waals surface area contributed by atoms with Crippen LogP contribution >= 0.6 is 0 Å². The maximum absolute atomic E-state index is 12.7. The Hall–Kier alpha value is -3.55. The first-order valence-electron chi connectivity index (χ1n) is 9.22. The molecule has 1 saturated heterocycles. The van der Waals surface area contributed by atoms with E-state index in [1.807, 2.05) is 4.90 Å². The number of ether oxygens (including phenoxy) is 1. The van der Waals surface area contributed by atoms with Crippen LogP contribution in [0.2, 0.25) is 0 Å². The lowest BCUT2D eigenvalue weighted by Crippen LogP contribution is -2.48. The zero-order chi connectivity index (χ0) is 21.0. The fraction of sp³-hybridized carbons (Fsp3) is 0.286. The third-order valence-electron chi connectivity index (χ3n) is 4.91. The van der Waals surface area contributed by atoms with E-state index in [0.717, 1.165) is 5.69 Å². The number of carbonyl (C=O) groups is 3. The van der Waals surface area contributed by atoms with Crippen LogP contribution < -0.4 is 15.0 Å². The largest absolute Gasteiger partial charge is 0.497 e. The van der Waals surface area contributed by atoms with E-state index >= 15 is 0 Å². The molecule has 1 fully saturated rings. The van der Waals surface area contributed by atoms with Crippen molar-refractivity contribution in [1.82, 2.24) is 4.90 Å². The molecule has 0 saturated carbocycles. The van der Waals surface area contributed by atoms with Gasteiger partial charge in [-0.25, -0.2) is 4.79 Å². The van der Waals surface area contributed by atoms with Crippen LogP contribution in [-0.2, 0) is 4.79 Å². The van der Waals surface area contributed by atoms with Gasteiger partial charge in [-0.1, -0.05) is 0 Å². The number of methoxy groups -OCH3 is 1. The van der Waals surface area contributed by atoms with Crippen LogP contribution in [0.1, 0.15) is 27.6 Å². The summed E-state index contributed by atoms with van der Waals surface area (Å²) in [4.78, 5) is 39.5. The minimum atomic E-state index is -1.07. The van der Waals surface area contributed by atoms with E-state index < -0.39 is 5.97 Å². The molecule has 1 heterocycles. The van der Waals surface area contributed by atoms with E-state index in [-0.39, 0.29) is 17.4 Å². The van der Waals surface area contributed by atoms with Crippen molar-refractivity contribution in [1.29, 1.82) is 0 Å². The number of aromatic carboxylic acids is 1. The van der Waals surface area contributed by atoms with E-state index in [4.69, 9.17) is 4.74 Å². The van der Waals surface area contributed by atoms with Gasteiger partial charge in [-0.15, -0.1) is 0 Å². The predicted octanol–water partition coefficient (Wildman–Crippen LogP) is 2.31. The van der Waals surface area contributed by atoms with Crippen LogP contribution in [0.4, 0.5) is 11.4 Å². The zero-order valence-corrected chi connectivity index (χ0v) is 16.3. The van der Waals surface area contributed by atoms with Gasteiger partial charge in [-0.3, -0.25) is 9.59 Å². The number of nitrogens with one attached hydrogen (secondary N) is 1. The second kappa shape index (κ2) is 8.64. The van der Waals surface area contributed by atoms with Crippen LogP contribution in [0.5, 0.6) is 5.75 Å². The average molecular weight is 397 g/mol. The van der Waals surface area contributed by atoms with Crippen molar-refractivity contribution in [3.8, 4) is 5.75 Å². The highest BCUT2D eigenvalue weighted by atomic mass is 16.5. The summed E-state index contributed by atoms with van der Waals surface area (Å²) in [5, 5.41) is 12.2. The maximum Gasteiger partial charge on any atom is 0.335 e. The molecule has 1 aliphatic rings. The number of nitrogens with zero attached hydrogens (tertiary/aromatic N) is 2. The van der Waals surface area contributed by atoms with Crippen molar-refractivity contribution >= 4 is 29.2 Å². The Morgan fingerprint density at radius 1 is 0.966 bits per heavy atom. The molecule has 2 aromatic carbocycles. The second-order valence-electron chi connectivity index (χ2n) is 6.71. The first-order valence-corrected chi connectivity index (χ1v) is 9.22. The molecular weight excluding hydrogens is 374 g/mol. The monoisotopic (exact) mass is 397 g/mol. The molecule has 0 radical (unpaired) electrons. The number of rotatable bonds is 5. The average Bonchev–Trinajstić information content (AvgIpc) is 2.73. The highest BCUT2D eigenvalue weighted by Crippen LogP contribution is 2.29. The van der Waals surface area contributed by atoms with Gasteiger partial charge in [0.15, 0.2) is 0 Å².